The molecular weight excluding hydrogens is 299 g/mol. The topological polar surface area (TPSA) is 13.1 Å². The minimum Gasteiger partial charge on any atom is -0.464 e. The smallest absolute Gasteiger partial charge is 0.134 e. The van der Waals surface area contributed by atoms with Crippen LogP contribution in [0, 0.1) is 5.82 Å². The van der Waals surface area contributed by atoms with E-state index in [4.69, 9.17) is 4.42 Å². The van der Waals surface area contributed by atoms with Crippen LogP contribution in [0.3, 0.4) is 0 Å². The zero-order valence-corrected chi connectivity index (χ0v) is 13.9. The molecule has 3 aromatic rings. The molecule has 0 radical (unpaired) electrons. The number of aryl methyl sites for hydroxylation is 2. The van der Waals surface area contributed by atoms with Gasteiger partial charge in [-0.25, -0.2) is 4.39 Å². The summed E-state index contributed by atoms with van der Waals surface area (Å²) in [6.45, 7) is 0. The van der Waals surface area contributed by atoms with Gasteiger partial charge in [-0.05, 0) is 72.9 Å². The number of fused-ring (bicyclic) bond motifs is 1. The summed E-state index contributed by atoms with van der Waals surface area (Å²) in [7, 11) is 0. The number of halogens is 1. The molecule has 0 N–H and O–H groups in total. The van der Waals surface area contributed by atoms with Crippen LogP contribution in [0.25, 0.3) is 11.0 Å². The van der Waals surface area contributed by atoms with E-state index in [-0.39, 0.29) is 5.82 Å². The molecule has 2 heteroatoms. The fourth-order valence-corrected chi connectivity index (χ4v) is 4.11. The Balaban J connectivity index is 1.48. The Morgan fingerprint density at radius 3 is 2.62 bits per heavy atom. The van der Waals surface area contributed by atoms with Gasteiger partial charge in [-0.3, -0.25) is 0 Å². The van der Waals surface area contributed by atoms with E-state index in [2.05, 4.69) is 12.1 Å². The standard InChI is InChI=1S/C22H23FO/c23-19-13-12-17(21(14-19)16-6-1-2-7-16)8-5-9-18-15-24-22-11-4-3-10-20(18)22/h3-4,10-16H,1-2,5-9H2. The molecule has 2 aromatic carbocycles. The summed E-state index contributed by atoms with van der Waals surface area (Å²) >= 11 is 0. The van der Waals surface area contributed by atoms with Crippen molar-refractivity contribution in [2.45, 2.75) is 50.9 Å². The molecule has 0 saturated heterocycles. The molecular formula is C22H23FO. The van der Waals surface area contributed by atoms with Crippen LogP contribution >= 0.6 is 0 Å². The number of hydrogen-bond donors (Lipinski definition) is 0. The quantitative estimate of drug-likeness (QED) is 0.529. The second-order valence-corrected chi connectivity index (χ2v) is 6.94. The summed E-state index contributed by atoms with van der Waals surface area (Å²) in [5.74, 6) is 0.465. The molecule has 0 amide bonds. The van der Waals surface area contributed by atoms with Crippen LogP contribution in [0.15, 0.2) is 53.1 Å². The Hall–Kier alpha value is -2.09. The number of rotatable bonds is 5. The van der Waals surface area contributed by atoms with Gasteiger partial charge in [-0.1, -0.05) is 37.1 Å². The first-order valence-corrected chi connectivity index (χ1v) is 9.05. The first kappa shape index (κ1) is 15.4. The zero-order valence-electron chi connectivity index (χ0n) is 13.9. The lowest BCUT2D eigenvalue weighted by molar-refractivity contribution is 0.607. The molecule has 124 valence electrons. The lowest BCUT2D eigenvalue weighted by Gasteiger charge is -2.15. The second kappa shape index (κ2) is 6.80. The molecule has 1 fully saturated rings. The number of para-hydroxylation sites is 1. The second-order valence-electron chi connectivity index (χ2n) is 6.94. The summed E-state index contributed by atoms with van der Waals surface area (Å²) in [5.41, 5.74) is 4.82. The van der Waals surface area contributed by atoms with E-state index in [0.717, 1.165) is 24.8 Å². The highest BCUT2D eigenvalue weighted by molar-refractivity contribution is 5.80. The normalized spacial score (nSPS) is 15.4. The highest BCUT2D eigenvalue weighted by Gasteiger charge is 2.20. The summed E-state index contributed by atoms with van der Waals surface area (Å²) in [6.07, 6.45) is 9.93. The minimum atomic E-state index is -0.0959. The molecule has 0 spiro atoms. The third-order valence-corrected chi connectivity index (χ3v) is 5.36. The van der Waals surface area contributed by atoms with E-state index >= 15 is 0 Å². The molecule has 1 aliphatic carbocycles. The molecule has 0 unspecified atom stereocenters. The number of benzene rings is 2. The molecule has 1 aliphatic rings. The molecule has 1 nitrogen and oxygen atoms in total. The fraction of sp³-hybridized carbons (Fsp3) is 0.364. The monoisotopic (exact) mass is 322 g/mol. The lowest BCUT2D eigenvalue weighted by Crippen LogP contribution is -2.01. The van der Waals surface area contributed by atoms with Crippen molar-refractivity contribution in [1.29, 1.82) is 0 Å². The van der Waals surface area contributed by atoms with Crippen LogP contribution in [-0.2, 0) is 12.8 Å². The van der Waals surface area contributed by atoms with Gasteiger partial charge in [-0.15, -0.1) is 0 Å². The van der Waals surface area contributed by atoms with Gasteiger partial charge in [0.1, 0.15) is 11.4 Å². The summed E-state index contributed by atoms with van der Waals surface area (Å²) in [6, 6.07) is 13.6. The maximum atomic E-state index is 13.7. The Morgan fingerprint density at radius 1 is 0.958 bits per heavy atom. The maximum absolute atomic E-state index is 13.7. The van der Waals surface area contributed by atoms with E-state index in [1.54, 1.807) is 12.1 Å². The molecule has 0 aliphatic heterocycles. The van der Waals surface area contributed by atoms with Crippen molar-refractivity contribution in [3.63, 3.8) is 0 Å². The van der Waals surface area contributed by atoms with Crippen molar-refractivity contribution >= 4 is 11.0 Å². The number of hydrogen-bond acceptors (Lipinski definition) is 1. The van der Waals surface area contributed by atoms with Gasteiger partial charge in [0.05, 0.1) is 6.26 Å². The fourth-order valence-electron chi connectivity index (χ4n) is 4.11. The Kier molecular flexibility index (Phi) is 4.38. The lowest BCUT2D eigenvalue weighted by atomic mass is 9.90. The van der Waals surface area contributed by atoms with E-state index in [1.165, 1.54) is 47.8 Å². The third-order valence-electron chi connectivity index (χ3n) is 5.36. The summed E-state index contributed by atoms with van der Waals surface area (Å²) in [4.78, 5) is 0. The van der Waals surface area contributed by atoms with Gasteiger partial charge >= 0.3 is 0 Å². The van der Waals surface area contributed by atoms with Gasteiger partial charge in [0.25, 0.3) is 0 Å². The highest BCUT2D eigenvalue weighted by atomic mass is 19.1. The largest absolute Gasteiger partial charge is 0.464 e. The molecule has 1 saturated carbocycles. The third kappa shape index (κ3) is 3.10. The molecule has 24 heavy (non-hydrogen) atoms. The molecule has 4 rings (SSSR count). The van der Waals surface area contributed by atoms with Gasteiger partial charge in [0.15, 0.2) is 0 Å². The van der Waals surface area contributed by atoms with Crippen molar-refractivity contribution < 1.29 is 8.81 Å². The van der Waals surface area contributed by atoms with Gasteiger partial charge in [0.2, 0.25) is 0 Å². The molecule has 0 bridgehead atoms. The zero-order chi connectivity index (χ0) is 16.4. The van der Waals surface area contributed by atoms with Crippen LogP contribution in [-0.4, -0.2) is 0 Å². The van der Waals surface area contributed by atoms with Gasteiger partial charge in [0, 0.05) is 5.39 Å². The Morgan fingerprint density at radius 2 is 1.75 bits per heavy atom. The average molecular weight is 322 g/mol. The van der Waals surface area contributed by atoms with Crippen molar-refractivity contribution in [3.05, 3.63) is 71.2 Å². The Bertz CT molecular complexity index is 827. The van der Waals surface area contributed by atoms with Crippen molar-refractivity contribution in [2.75, 3.05) is 0 Å². The van der Waals surface area contributed by atoms with Crippen molar-refractivity contribution in [1.82, 2.24) is 0 Å². The highest BCUT2D eigenvalue weighted by Crippen LogP contribution is 2.36. The van der Waals surface area contributed by atoms with Gasteiger partial charge < -0.3 is 4.42 Å². The maximum Gasteiger partial charge on any atom is 0.134 e. The van der Waals surface area contributed by atoms with Crippen LogP contribution in [0.5, 0.6) is 0 Å². The number of furan rings is 1. The van der Waals surface area contributed by atoms with Crippen LogP contribution in [0.4, 0.5) is 4.39 Å². The van der Waals surface area contributed by atoms with Crippen molar-refractivity contribution in [2.24, 2.45) is 0 Å². The van der Waals surface area contributed by atoms with E-state index < -0.39 is 0 Å². The van der Waals surface area contributed by atoms with Crippen molar-refractivity contribution in [3.8, 4) is 0 Å². The summed E-state index contributed by atoms with van der Waals surface area (Å²) in [5, 5.41) is 1.22. The van der Waals surface area contributed by atoms with Gasteiger partial charge in [-0.2, -0.15) is 0 Å². The van der Waals surface area contributed by atoms with Crippen LogP contribution in [0.1, 0.15) is 54.7 Å². The molecule has 0 atom stereocenters. The first-order valence-electron chi connectivity index (χ1n) is 9.05. The average Bonchev–Trinajstić information content (AvgIpc) is 3.26. The molecule has 1 heterocycles. The van der Waals surface area contributed by atoms with E-state index in [9.17, 15) is 4.39 Å². The van der Waals surface area contributed by atoms with Crippen LogP contribution in [0.2, 0.25) is 0 Å². The summed E-state index contributed by atoms with van der Waals surface area (Å²) < 4.78 is 19.3. The van der Waals surface area contributed by atoms with E-state index in [0.29, 0.717) is 5.92 Å². The predicted molar refractivity (Wildman–Crippen MR) is 95.8 cm³/mol. The SMILES string of the molecule is Fc1ccc(CCCc2coc3ccccc23)c(C2CCCC2)c1. The van der Waals surface area contributed by atoms with E-state index in [1.807, 2.05) is 24.5 Å². The Labute approximate surface area is 142 Å². The van der Waals surface area contributed by atoms with Crippen LogP contribution < -0.4 is 0 Å². The minimum absolute atomic E-state index is 0.0959. The molecule has 1 aromatic heterocycles. The predicted octanol–water partition coefficient (Wildman–Crippen LogP) is 6.40. The first-order chi connectivity index (χ1) is 11.8.